The third-order valence-electron chi connectivity index (χ3n) is 2.95. The normalized spacial score (nSPS) is 10.1. The van der Waals surface area contributed by atoms with Gasteiger partial charge in [0.15, 0.2) is 6.29 Å². The summed E-state index contributed by atoms with van der Waals surface area (Å²) >= 11 is 0. The van der Waals surface area contributed by atoms with Gasteiger partial charge in [0.2, 0.25) is 0 Å². The molecule has 104 valence electrons. The van der Waals surface area contributed by atoms with Gasteiger partial charge in [-0.15, -0.1) is 0 Å². The van der Waals surface area contributed by atoms with Crippen molar-refractivity contribution in [3.8, 4) is 22.6 Å². The molecule has 0 aliphatic carbocycles. The fourth-order valence-electron chi connectivity index (χ4n) is 2.12. The Bertz CT molecular complexity index is 576. The zero-order valence-electron chi connectivity index (χ0n) is 11.8. The highest BCUT2D eigenvalue weighted by atomic mass is 16.5. The van der Waals surface area contributed by atoms with Crippen molar-refractivity contribution in [1.82, 2.24) is 0 Å². The van der Waals surface area contributed by atoms with E-state index in [1.807, 2.05) is 56.3 Å². The van der Waals surface area contributed by atoms with E-state index in [1.165, 1.54) is 0 Å². The lowest BCUT2D eigenvalue weighted by molar-refractivity contribution is 0.111. The Kier molecular flexibility index (Phi) is 4.77. The number of benzene rings is 2. The van der Waals surface area contributed by atoms with Crippen LogP contribution < -0.4 is 9.47 Å². The van der Waals surface area contributed by atoms with Gasteiger partial charge in [0, 0.05) is 5.56 Å². The van der Waals surface area contributed by atoms with Crippen LogP contribution in [0.4, 0.5) is 0 Å². The summed E-state index contributed by atoms with van der Waals surface area (Å²) in [5, 5.41) is 0. The Morgan fingerprint density at radius 3 is 2.25 bits per heavy atom. The van der Waals surface area contributed by atoms with Gasteiger partial charge < -0.3 is 9.47 Å². The molecule has 0 N–H and O–H groups in total. The maximum Gasteiger partial charge on any atom is 0.157 e. The first-order valence-corrected chi connectivity index (χ1v) is 6.75. The Hall–Kier alpha value is -2.29. The molecule has 0 atom stereocenters. The highest BCUT2D eigenvalue weighted by molar-refractivity contribution is 5.89. The minimum Gasteiger partial charge on any atom is -0.493 e. The number of hydrogen-bond donors (Lipinski definition) is 0. The third-order valence-corrected chi connectivity index (χ3v) is 2.95. The molecule has 0 unspecified atom stereocenters. The molecule has 0 amide bonds. The molecule has 2 rings (SSSR count). The number of rotatable bonds is 6. The predicted octanol–water partition coefficient (Wildman–Crippen LogP) is 3.96. The van der Waals surface area contributed by atoms with E-state index in [4.69, 9.17) is 9.47 Å². The van der Waals surface area contributed by atoms with Crippen LogP contribution in [0.25, 0.3) is 11.1 Å². The smallest absolute Gasteiger partial charge is 0.157 e. The van der Waals surface area contributed by atoms with Crippen LogP contribution in [0.3, 0.4) is 0 Å². The van der Waals surface area contributed by atoms with Gasteiger partial charge in [-0.3, -0.25) is 4.79 Å². The number of aldehydes is 1. The highest BCUT2D eigenvalue weighted by Crippen LogP contribution is 2.37. The molecule has 0 saturated carbocycles. The maximum atomic E-state index is 11.4. The lowest BCUT2D eigenvalue weighted by atomic mass is 10.0. The van der Waals surface area contributed by atoms with Gasteiger partial charge in [-0.25, -0.2) is 0 Å². The average molecular weight is 270 g/mol. The number of carbonyl (C=O) groups excluding carboxylic acids is 1. The average Bonchev–Trinajstić information content (AvgIpc) is 2.49. The van der Waals surface area contributed by atoms with Crippen molar-refractivity contribution in [2.45, 2.75) is 13.8 Å². The summed E-state index contributed by atoms with van der Waals surface area (Å²) < 4.78 is 11.2. The monoisotopic (exact) mass is 270 g/mol. The molecule has 2 aromatic carbocycles. The largest absolute Gasteiger partial charge is 0.493 e. The molecule has 0 radical (unpaired) electrons. The summed E-state index contributed by atoms with van der Waals surface area (Å²) in [6.07, 6.45) is 0.794. The van der Waals surface area contributed by atoms with Gasteiger partial charge in [0.05, 0.1) is 18.8 Å². The third kappa shape index (κ3) is 2.82. The summed E-state index contributed by atoms with van der Waals surface area (Å²) in [4.78, 5) is 11.4. The molecule has 0 aliphatic heterocycles. The molecule has 0 aliphatic rings. The Morgan fingerprint density at radius 2 is 1.65 bits per heavy atom. The molecule has 3 heteroatoms. The van der Waals surface area contributed by atoms with Gasteiger partial charge in [0.1, 0.15) is 11.5 Å². The minimum atomic E-state index is 0.468. The quantitative estimate of drug-likeness (QED) is 0.745. The molecule has 0 heterocycles. The van der Waals surface area contributed by atoms with Gasteiger partial charge in [0.25, 0.3) is 0 Å². The highest BCUT2D eigenvalue weighted by Gasteiger charge is 2.16. The van der Waals surface area contributed by atoms with E-state index in [0.29, 0.717) is 30.3 Å². The van der Waals surface area contributed by atoms with Crippen LogP contribution in [-0.2, 0) is 0 Å². The zero-order chi connectivity index (χ0) is 14.4. The van der Waals surface area contributed by atoms with Crippen LogP contribution in [0, 0.1) is 0 Å². The molecule has 3 nitrogen and oxygen atoms in total. The molecule has 2 aromatic rings. The van der Waals surface area contributed by atoms with Crippen LogP contribution in [0.2, 0.25) is 0 Å². The standard InChI is InChI=1S/C17H18O3/c1-3-19-16-11-10-14(13-8-6-5-7-9-13)17(20-4-2)15(16)12-18/h5-12H,3-4H2,1-2H3. The summed E-state index contributed by atoms with van der Waals surface area (Å²) in [5.41, 5.74) is 2.38. The van der Waals surface area contributed by atoms with Crippen LogP contribution in [-0.4, -0.2) is 19.5 Å². The molecule has 0 fully saturated rings. The molecule has 0 spiro atoms. The van der Waals surface area contributed by atoms with E-state index in [-0.39, 0.29) is 0 Å². The second-order valence-electron chi connectivity index (χ2n) is 4.20. The van der Waals surface area contributed by atoms with Gasteiger partial charge in [-0.2, -0.15) is 0 Å². The first-order chi connectivity index (χ1) is 9.81. The van der Waals surface area contributed by atoms with E-state index < -0.39 is 0 Å². The maximum absolute atomic E-state index is 11.4. The van der Waals surface area contributed by atoms with Crippen LogP contribution in [0.1, 0.15) is 24.2 Å². The molecule has 20 heavy (non-hydrogen) atoms. The van der Waals surface area contributed by atoms with Crippen molar-refractivity contribution in [2.75, 3.05) is 13.2 Å². The Labute approximate surface area is 119 Å². The molecule has 0 aromatic heterocycles. The summed E-state index contributed by atoms with van der Waals surface area (Å²) in [5.74, 6) is 1.14. The van der Waals surface area contributed by atoms with Crippen LogP contribution in [0.15, 0.2) is 42.5 Å². The van der Waals surface area contributed by atoms with E-state index >= 15 is 0 Å². The van der Waals surface area contributed by atoms with Crippen molar-refractivity contribution < 1.29 is 14.3 Å². The van der Waals surface area contributed by atoms with Crippen LogP contribution >= 0.6 is 0 Å². The van der Waals surface area contributed by atoms with Crippen LogP contribution in [0.5, 0.6) is 11.5 Å². The fourth-order valence-corrected chi connectivity index (χ4v) is 2.12. The van der Waals surface area contributed by atoms with Crippen molar-refractivity contribution in [2.24, 2.45) is 0 Å². The first-order valence-electron chi connectivity index (χ1n) is 6.75. The van der Waals surface area contributed by atoms with E-state index in [2.05, 4.69) is 0 Å². The minimum absolute atomic E-state index is 0.468. The van der Waals surface area contributed by atoms with Gasteiger partial charge in [-0.1, -0.05) is 30.3 Å². The summed E-state index contributed by atoms with van der Waals surface area (Å²) in [6, 6.07) is 13.6. The molecule has 0 bridgehead atoms. The first kappa shape index (κ1) is 14.1. The molecular formula is C17H18O3. The van der Waals surface area contributed by atoms with Crippen molar-refractivity contribution in [3.05, 3.63) is 48.0 Å². The van der Waals surface area contributed by atoms with E-state index in [0.717, 1.165) is 17.4 Å². The fraction of sp³-hybridized carbons (Fsp3) is 0.235. The summed E-state index contributed by atoms with van der Waals surface area (Å²) in [7, 11) is 0. The topological polar surface area (TPSA) is 35.5 Å². The van der Waals surface area contributed by atoms with Gasteiger partial charge in [-0.05, 0) is 31.5 Å². The predicted molar refractivity (Wildman–Crippen MR) is 79.6 cm³/mol. The lowest BCUT2D eigenvalue weighted by Crippen LogP contribution is -2.02. The molecule has 0 saturated heterocycles. The van der Waals surface area contributed by atoms with E-state index in [1.54, 1.807) is 0 Å². The second-order valence-corrected chi connectivity index (χ2v) is 4.20. The number of carbonyl (C=O) groups is 1. The second kappa shape index (κ2) is 6.75. The van der Waals surface area contributed by atoms with Crippen molar-refractivity contribution in [3.63, 3.8) is 0 Å². The number of ether oxygens (including phenoxy) is 2. The van der Waals surface area contributed by atoms with Gasteiger partial charge >= 0.3 is 0 Å². The summed E-state index contributed by atoms with van der Waals surface area (Å²) in [6.45, 7) is 4.80. The zero-order valence-corrected chi connectivity index (χ0v) is 11.8. The SMILES string of the molecule is CCOc1ccc(-c2ccccc2)c(OCC)c1C=O. The number of hydrogen-bond acceptors (Lipinski definition) is 3. The Balaban J connectivity index is 2.60. The van der Waals surface area contributed by atoms with Crippen molar-refractivity contribution >= 4 is 6.29 Å². The molecular weight excluding hydrogens is 252 g/mol. The van der Waals surface area contributed by atoms with E-state index in [9.17, 15) is 4.79 Å². The Morgan fingerprint density at radius 1 is 0.950 bits per heavy atom. The lowest BCUT2D eigenvalue weighted by Gasteiger charge is -2.16. The van der Waals surface area contributed by atoms with Crippen molar-refractivity contribution in [1.29, 1.82) is 0 Å².